The molecule has 2 rings (SSSR count). The van der Waals surface area contributed by atoms with Crippen molar-refractivity contribution >= 4 is 22.4 Å². The Morgan fingerprint density at radius 2 is 1.89 bits per heavy atom. The first-order valence-electron chi connectivity index (χ1n) is 10.3. The first-order chi connectivity index (χ1) is 12.7. The van der Waals surface area contributed by atoms with E-state index in [1.165, 1.54) is 0 Å². The molecule has 0 aromatic carbocycles. The summed E-state index contributed by atoms with van der Waals surface area (Å²) < 4.78 is 14.2. The van der Waals surface area contributed by atoms with Crippen molar-refractivity contribution in [2.75, 3.05) is 6.61 Å². The molecule has 0 saturated carbocycles. The summed E-state index contributed by atoms with van der Waals surface area (Å²) in [6.07, 6.45) is 2.37. The predicted molar refractivity (Wildman–Crippen MR) is 117 cm³/mol. The third-order valence-corrected chi connectivity index (χ3v) is 12.2. The van der Waals surface area contributed by atoms with Gasteiger partial charge in [0.2, 0.25) is 0 Å². The van der Waals surface area contributed by atoms with E-state index in [4.69, 9.17) is 9.16 Å². The van der Waals surface area contributed by atoms with Crippen molar-refractivity contribution in [2.45, 2.75) is 96.7 Å². The van der Waals surface area contributed by atoms with Crippen LogP contribution in [0.5, 0.6) is 0 Å². The van der Waals surface area contributed by atoms with Crippen LogP contribution in [0.1, 0.15) is 48.9 Å². The van der Waals surface area contributed by atoms with Crippen LogP contribution in [0.2, 0.25) is 43.8 Å². The lowest BCUT2D eigenvalue weighted by molar-refractivity contribution is 0.0666. The van der Waals surface area contributed by atoms with Gasteiger partial charge in [-0.2, -0.15) is 5.10 Å². The Morgan fingerprint density at radius 1 is 1.25 bits per heavy atom. The second-order valence-corrected chi connectivity index (χ2v) is 21.0. The summed E-state index contributed by atoms with van der Waals surface area (Å²) in [7, 11) is -3.03. The summed E-state index contributed by atoms with van der Waals surface area (Å²) in [6, 6.07) is 1.08. The van der Waals surface area contributed by atoms with Gasteiger partial charge in [-0.1, -0.05) is 40.4 Å². The molecule has 1 aromatic rings. The third kappa shape index (κ3) is 5.78. The molecule has 0 spiro atoms. The highest BCUT2D eigenvalue weighted by Gasteiger charge is 2.40. The number of aromatic carboxylic acids is 1. The lowest BCUT2D eigenvalue weighted by Gasteiger charge is -2.40. The number of hydrogen-bond donors (Lipinski definition) is 1. The van der Waals surface area contributed by atoms with Gasteiger partial charge in [-0.05, 0) is 37.0 Å². The number of hydrogen-bond acceptors (Lipinski definition) is 4. The molecule has 0 amide bonds. The van der Waals surface area contributed by atoms with Crippen LogP contribution in [0.15, 0.2) is 0 Å². The van der Waals surface area contributed by atoms with Crippen molar-refractivity contribution in [3.63, 3.8) is 0 Å². The molecule has 0 aliphatic heterocycles. The number of carbonyl (C=O) groups is 1. The van der Waals surface area contributed by atoms with Gasteiger partial charge >= 0.3 is 5.97 Å². The molecule has 1 N–H and O–H groups in total. The molecule has 0 bridgehead atoms. The maximum atomic E-state index is 11.7. The molecule has 28 heavy (non-hydrogen) atoms. The topological polar surface area (TPSA) is 73.6 Å². The summed E-state index contributed by atoms with van der Waals surface area (Å²) >= 11 is 0. The molecule has 0 fully saturated rings. The quantitative estimate of drug-likeness (QED) is 0.478. The molecule has 0 saturated heterocycles. The van der Waals surface area contributed by atoms with E-state index in [0.29, 0.717) is 26.2 Å². The number of carboxylic acid groups (broad SMARTS) is 1. The fraction of sp³-hybridized carbons (Fsp3) is 0.800. The van der Waals surface area contributed by atoms with E-state index in [2.05, 4.69) is 58.6 Å². The van der Waals surface area contributed by atoms with Gasteiger partial charge in [-0.3, -0.25) is 0 Å². The van der Waals surface area contributed by atoms with E-state index < -0.39 is 22.4 Å². The van der Waals surface area contributed by atoms with Crippen molar-refractivity contribution in [2.24, 2.45) is 0 Å². The zero-order chi connectivity index (χ0) is 21.3. The molecule has 1 atom stereocenters. The minimum absolute atomic E-state index is 0.118. The average Bonchev–Trinajstić information content (AvgIpc) is 2.87. The molecule has 160 valence electrons. The minimum Gasteiger partial charge on any atom is -0.476 e. The van der Waals surface area contributed by atoms with Crippen LogP contribution < -0.4 is 0 Å². The number of nitrogens with zero attached hydrogens (tertiary/aromatic N) is 2. The number of ether oxygens (including phenoxy) is 1. The van der Waals surface area contributed by atoms with Gasteiger partial charge in [0.25, 0.3) is 0 Å². The summed E-state index contributed by atoms with van der Waals surface area (Å²) in [4.78, 5) is 11.7. The summed E-state index contributed by atoms with van der Waals surface area (Å²) in [5, 5.41) is 14.1. The minimum atomic E-state index is -1.87. The predicted octanol–water partition coefficient (Wildman–Crippen LogP) is 4.77. The van der Waals surface area contributed by atoms with Gasteiger partial charge in [0.15, 0.2) is 14.0 Å². The second-order valence-electron chi connectivity index (χ2n) is 10.7. The first-order valence-corrected chi connectivity index (χ1v) is 16.9. The second kappa shape index (κ2) is 8.41. The van der Waals surface area contributed by atoms with Crippen LogP contribution in [0.4, 0.5) is 0 Å². The molecular formula is C20H38N2O4Si2. The Bertz CT molecular complexity index is 702. The lowest BCUT2D eigenvalue weighted by atomic mass is 9.93. The van der Waals surface area contributed by atoms with Crippen LogP contribution in [0.25, 0.3) is 0 Å². The Kier molecular flexibility index (Phi) is 7.01. The van der Waals surface area contributed by atoms with E-state index in [1.807, 2.05) is 0 Å². The molecule has 1 aromatic heterocycles. The smallest absolute Gasteiger partial charge is 0.356 e. The standard InChI is InChI=1S/C20H38N2O4Si2/c1-20(2,3)28(7,8)26-15-9-10-16-17(13-15)22(21-18(16)19(23)24)14-25-11-12-27(4,5)6/h15H,9-14H2,1-8H3,(H,23,24). The zero-order valence-corrected chi connectivity index (χ0v) is 20.9. The van der Waals surface area contributed by atoms with Crippen molar-refractivity contribution in [1.29, 1.82) is 0 Å². The normalized spacial score (nSPS) is 18.2. The van der Waals surface area contributed by atoms with Crippen molar-refractivity contribution < 1.29 is 19.1 Å². The zero-order valence-electron chi connectivity index (χ0n) is 18.9. The van der Waals surface area contributed by atoms with E-state index in [1.54, 1.807) is 4.68 Å². The van der Waals surface area contributed by atoms with E-state index >= 15 is 0 Å². The molecule has 1 aliphatic carbocycles. The fourth-order valence-electron chi connectivity index (χ4n) is 3.15. The number of carboxylic acids is 1. The van der Waals surface area contributed by atoms with E-state index in [-0.39, 0.29) is 16.8 Å². The molecule has 8 heteroatoms. The molecule has 0 radical (unpaired) electrons. The van der Waals surface area contributed by atoms with Crippen LogP contribution in [0.3, 0.4) is 0 Å². The van der Waals surface area contributed by atoms with Crippen LogP contribution in [-0.4, -0.2) is 50.0 Å². The molecule has 1 unspecified atom stereocenters. The summed E-state index contributed by atoms with van der Waals surface area (Å²) in [5.74, 6) is -0.958. The monoisotopic (exact) mass is 426 g/mol. The maximum absolute atomic E-state index is 11.7. The van der Waals surface area contributed by atoms with E-state index in [9.17, 15) is 9.90 Å². The number of rotatable bonds is 8. The number of fused-ring (bicyclic) bond motifs is 1. The van der Waals surface area contributed by atoms with Crippen LogP contribution >= 0.6 is 0 Å². The average molecular weight is 427 g/mol. The van der Waals surface area contributed by atoms with Gasteiger partial charge < -0.3 is 14.3 Å². The lowest BCUT2D eigenvalue weighted by Crippen LogP contribution is -2.45. The van der Waals surface area contributed by atoms with Crippen molar-refractivity contribution in [3.8, 4) is 0 Å². The summed E-state index contributed by atoms with van der Waals surface area (Å²) in [5.41, 5.74) is 2.01. The van der Waals surface area contributed by atoms with Gasteiger partial charge in [0.05, 0.1) is 6.10 Å². The summed E-state index contributed by atoms with van der Waals surface area (Å²) in [6.45, 7) is 19.2. The Morgan fingerprint density at radius 3 is 2.43 bits per heavy atom. The molecule has 1 aliphatic rings. The highest BCUT2D eigenvalue weighted by Crippen LogP contribution is 2.39. The van der Waals surface area contributed by atoms with Crippen LogP contribution in [0, 0.1) is 0 Å². The third-order valence-electron chi connectivity index (χ3n) is 5.98. The van der Waals surface area contributed by atoms with Crippen molar-refractivity contribution in [3.05, 3.63) is 17.0 Å². The highest BCUT2D eigenvalue weighted by atomic mass is 28.4. The fourth-order valence-corrected chi connectivity index (χ4v) is 5.30. The van der Waals surface area contributed by atoms with Gasteiger partial charge in [-0.25, -0.2) is 9.48 Å². The van der Waals surface area contributed by atoms with Gasteiger partial charge in [0, 0.05) is 32.4 Å². The van der Waals surface area contributed by atoms with Crippen LogP contribution in [-0.2, 0) is 28.7 Å². The SMILES string of the molecule is CC(C)(C)[Si](C)(C)OC1CCc2c(C(=O)O)nn(COCC[Si](C)(C)C)c2C1. The van der Waals surface area contributed by atoms with Gasteiger partial charge in [-0.15, -0.1) is 0 Å². The largest absolute Gasteiger partial charge is 0.476 e. The van der Waals surface area contributed by atoms with Crippen molar-refractivity contribution in [1.82, 2.24) is 9.78 Å². The Hall–Kier alpha value is -0.966. The maximum Gasteiger partial charge on any atom is 0.356 e. The molecule has 1 heterocycles. The molecule has 6 nitrogen and oxygen atoms in total. The number of aromatic nitrogens is 2. The Labute approximate surface area is 171 Å². The first kappa shape index (κ1) is 23.3. The molecular weight excluding hydrogens is 388 g/mol. The van der Waals surface area contributed by atoms with E-state index in [0.717, 1.165) is 23.7 Å². The van der Waals surface area contributed by atoms with Gasteiger partial charge in [0.1, 0.15) is 6.73 Å². The Balaban J connectivity index is 2.14. The highest BCUT2D eigenvalue weighted by molar-refractivity contribution is 6.76.